The number of hydrogen-bond acceptors (Lipinski definition) is 3. The van der Waals surface area contributed by atoms with Crippen molar-refractivity contribution in [2.45, 2.75) is 51.1 Å². The van der Waals surface area contributed by atoms with Crippen molar-refractivity contribution in [3.63, 3.8) is 0 Å². The summed E-state index contributed by atoms with van der Waals surface area (Å²) in [4.78, 5) is 23.5. The van der Waals surface area contributed by atoms with Gasteiger partial charge in [0.15, 0.2) is 0 Å². The van der Waals surface area contributed by atoms with Gasteiger partial charge in [-0.1, -0.05) is 23.7 Å². The zero-order valence-electron chi connectivity index (χ0n) is 14.2. The molecular weight excluding hydrogens is 338 g/mol. The lowest BCUT2D eigenvalue weighted by Gasteiger charge is -2.15. The van der Waals surface area contributed by atoms with E-state index in [2.05, 4.69) is 10.6 Å². The standard InChI is InChI=1S/C19H24ClN3O2/c20-15-3-1-12(2-4-15)11-22-19(25)10-14-7-13(9-17(14)21)8-16-5-6-18(24)23-16/h1-4,13,16H,5-11,21H2,(H,22,25)(H,23,24). The Bertz CT molecular complexity index is 684. The summed E-state index contributed by atoms with van der Waals surface area (Å²) in [5, 5.41) is 6.62. The van der Waals surface area contributed by atoms with Crippen LogP contribution in [0.2, 0.25) is 5.02 Å². The number of amides is 2. The fraction of sp³-hybridized carbons (Fsp3) is 0.474. The van der Waals surface area contributed by atoms with Crippen molar-refractivity contribution in [2.75, 3.05) is 0 Å². The summed E-state index contributed by atoms with van der Waals surface area (Å²) in [6.07, 6.45) is 4.51. The molecule has 25 heavy (non-hydrogen) atoms. The molecule has 1 heterocycles. The van der Waals surface area contributed by atoms with Crippen LogP contribution in [0.3, 0.4) is 0 Å². The third kappa shape index (κ3) is 4.98. The normalized spacial score (nSPS) is 23.0. The van der Waals surface area contributed by atoms with Gasteiger partial charge in [0.2, 0.25) is 11.8 Å². The largest absolute Gasteiger partial charge is 0.402 e. The molecule has 2 unspecified atom stereocenters. The van der Waals surface area contributed by atoms with E-state index in [4.69, 9.17) is 17.3 Å². The molecule has 134 valence electrons. The molecule has 0 saturated carbocycles. The maximum Gasteiger partial charge on any atom is 0.224 e. The lowest BCUT2D eigenvalue weighted by Crippen LogP contribution is -2.27. The van der Waals surface area contributed by atoms with E-state index in [-0.39, 0.29) is 17.9 Å². The van der Waals surface area contributed by atoms with Crippen molar-refractivity contribution in [1.29, 1.82) is 0 Å². The Hall–Kier alpha value is -2.01. The molecule has 1 saturated heterocycles. The molecule has 0 aromatic heterocycles. The summed E-state index contributed by atoms with van der Waals surface area (Å²) < 4.78 is 0. The lowest BCUT2D eigenvalue weighted by atomic mass is 9.95. The predicted octanol–water partition coefficient (Wildman–Crippen LogP) is 2.64. The maximum atomic E-state index is 12.2. The van der Waals surface area contributed by atoms with Crippen molar-refractivity contribution >= 4 is 23.4 Å². The zero-order chi connectivity index (χ0) is 17.8. The monoisotopic (exact) mass is 361 g/mol. The highest BCUT2D eigenvalue weighted by molar-refractivity contribution is 6.30. The Balaban J connectivity index is 1.43. The summed E-state index contributed by atoms with van der Waals surface area (Å²) in [5.41, 5.74) is 9.04. The van der Waals surface area contributed by atoms with Gasteiger partial charge < -0.3 is 16.4 Å². The Labute approximate surface area is 153 Å². The number of rotatable bonds is 6. The van der Waals surface area contributed by atoms with Gasteiger partial charge in [0.05, 0.1) is 0 Å². The molecule has 3 rings (SSSR count). The minimum absolute atomic E-state index is 0.0114. The minimum atomic E-state index is -0.0114. The molecule has 0 radical (unpaired) electrons. The van der Waals surface area contributed by atoms with Crippen LogP contribution >= 0.6 is 11.6 Å². The number of benzene rings is 1. The summed E-state index contributed by atoms with van der Waals surface area (Å²) in [6.45, 7) is 0.487. The smallest absolute Gasteiger partial charge is 0.224 e. The SMILES string of the molecule is NC1=C(CC(=O)NCc2ccc(Cl)cc2)CC(CC2CCC(=O)N2)C1. The van der Waals surface area contributed by atoms with Crippen molar-refractivity contribution in [1.82, 2.24) is 10.6 Å². The van der Waals surface area contributed by atoms with Gasteiger partial charge >= 0.3 is 0 Å². The molecule has 0 bridgehead atoms. The highest BCUT2D eigenvalue weighted by Crippen LogP contribution is 2.34. The topological polar surface area (TPSA) is 84.2 Å². The third-order valence-corrected chi connectivity index (χ3v) is 5.23. The molecule has 2 atom stereocenters. The van der Waals surface area contributed by atoms with Crippen molar-refractivity contribution < 1.29 is 9.59 Å². The predicted molar refractivity (Wildman–Crippen MR) is 97.6 cm³/mol. The zero-order valence-corrected chi connectivity index (χ0v) is 14.9. The van der Waals surface area contributed by atoms with E-state index < -0.39 is 0 Å². The molecular formula is C19H24ClN3O2. The van der Waals surface area contributed by atoms with Crippen LogP contribution in [0, 0.1) is 5.92 Å². The van der Waals surface area contributed by atoms with Crippen LogP contribution in [0.1, 0.15) is 44.1 Å². The molecule has 5 nitrogen and oxygen atoms in total. The van der Waals surface area contributed by atoms with Crippen LogP contribution < -0.4 is 16.4 Å². The van der Waals surface area contributed by atoms with Crippen molar-refractivity contribution in [3.8, 4) is 0 Å². The molecule has 4 N–H and O–H groups in total. The molecule has 1 aliphatic carbocycles. The molecule has 2 aliphatic rings. The number of allylic oxidation sites excluding steroid dienone is 1. The number of carbonyl (C=O) groups is 2. The van der Waals surface area contributed by atoms with Crippen LogP contribution in [0.4, 0.5) is 0 Å². The number of carbonyl (C=O) groups excluding carboxylic acids is 2. The number of nitrogens with one attached hydrogen (secondary N) is 2. The van der Waals surface area contributed by atoms with Gasteiger partial charge in [0.25, 0.3) is 0 Å². The fourth-order valence-electron chi connectivity index (χ4n) is 3.68. The molecule has 1 aliphatic heterocycles. The minimum Gasteiger partial charge on any atom is -0.402 e. The molecule has 1 fully saturated rings. The molecule has 1 aromatic rings. The fourth-order valence-corrected chi connectivity index (χ4v) is 3.80. The van der Waals surface area contributed by atoms with Crippen molar-refractivity contribution in [3.05, 3.63) is 46.1 Å². The highest BCUT2D eigenvalue weighted by Gasteiger charge is 2.29. The van der Waals surface area contributed by atoms with Crippen LogP contribution in [0.5, 0.6) is 0 Å². The van der Waals surface area contributed by atoms with Gasteiger partial charge in [-0.15, -0.1) is 0 Å². The second kappa shape index (κ2) is 7.91. The van der Waals surface area contributed by atoms with Gasteiger partial charge in [-0.2, -0.15) is 0 Å². The van der Waals surface area contributed by atoms with Crippen LogP contribution in [-0.4, -0.2) is 17.9 Å². The van der Waals surface area contributed by atoms with Crippen LogP contribution in [0.15, 0.2) is 35.5 Å². The summed E-state index contributed by atoms with van der Waals surface area (Å²) in [6, 6.07) is 7.69. The second-order valence-corrected chi connectivity index (χ2v) is 7.46. The Morgan fingerprint density at radius 1 is 1.28 bits per heavy atom. The first kappa shape index (κ1) is 17.8. The van der Waals surface area contributed by atoms with E-state index in [1.54, 1.807) is 0 Å². The highest BCUT2D eigenvalue weighted by atomic mass is 35.5. The quantitative estimate of drug-likeness (QED) is 0.728. The van der Waals surface area contributed by atoms with Gasteiger partial charge in [0.1, 0.15) is 0 Å². The van der Waals surface area contributed by atoms with E-state index in [0.29, 0.717) is 30.3 Å². The molecule has 6 heteroatoms. The average molecular weight is 362 g/mol. The van der Waals surface area contributed by atoms with E-state index >= 15 is 0 Å². The first-order valence-electron chi connectivity index (χ1n) is 8.76. The second-order valence-electron chi connectivity index (χ2n) is 7.02. The Kier molecular flexibility index (Phi) is 5.63. The number of halogens is 1. The van der Waals surface area contributed by atoms with E-state index in [0.717, 1.165) is 42.5 Å². The van der Waals surface area contributed by atoms with Crippen LogP contribution in [0.25, 0.3) is 0 Å². The molecule has 1 aromatic carbocycles. The maximum absolute atomic E-state index is 12.2. The Morgan fingerprint density at radius 3 is 2.72 bits per heavy atom. The van der Waals surface area contributed by atoms with E-state index in [9.17, 15) is 9.59 Å². The first-order valence-corrected chi connectivity index (χ1v) is 9.14. The van der Waals surface area contributed by atoms with Gasteiger partial charge in [0, 0.05) is 36.1 Å². The average Bonchev–Trinajstić information content (AvgIpc) is 3.13. The number of hydrogen-bond donors (Lipinski definition) is 3. The van der Waals surface area contributed by atoms with Gasteiger partial charge in [-0.3, -0.25) is 9.59 Å². The molecule has 0 spiro atoms. The van der Waals surface area contributed by atoms with Gasteiger partial charge in [-0.05, 0) is 54.9 Å². The summed E-state index contributed by atoms with van der Waals surface area (Å²) in [5.74, 6) is 0.566. The van der Waals surface area contributed by atoms with Crippen molar-refractivity contribution in [2.24, 2.45) is 11.7 Å². The first-order chi connectivity index (χ1) is 12.0. The van der Waals surface area contributed by atoms with Gasteiger partial charge in [-0.25, -0.2) is 0 Å². The third-order valence-electron chi connectivity index (χ3n) is 4.98. The Morgan fingerprint density at radius 2 is 2.04 bits per heavy atom. The summed E-state index contributed by atoms with van der Waals surface area (Å²) >= 11 is 5.86. The van der Waals surface area contributed by atoms with Crippen LogP contribution in [-0.2, 0) is 16.1 Å². The summed E-state index contributed by atoms with van der Waals surface area (Å²) in [7, 11) is 0. The molecule has 2 amide bonds. The van der Waals surface area contributed by atoms with E-state index in [1.807, 2.05) is 24.3 Å². The van der Waals surface area contributed by atoms with E-state index in [1.165, 1.54) is 0 Å². The number of nitrogens with two attached hydrogens (primary N) is 1. The lowest BCUT2D eigenvalue weighted by molar-refractivity contribution is -0.121.